The van der Waals surface area contributed by atoms with Gasteiger partial charge in [-0.2, -0.15) is 10.5 Å². The summed E-state index contributed by atoms with van der Waals surface area (Å²) in [5, 5.41) is 28.2. The van der Waals surface area contributed by atoms with Gasteiger partial charge in [-0.25, -0.2) is 8.78 Å². The lowest BCUT2D eigenvalue weighted by Gasteiger charge is -2.37. The molecular weight excluding hydrogens is 1140 g/mol. The molecule has 1 N–H and O–H groups in total. The summed E-state index contributed by atoms with van der Waals surface area (Å²) in [5.74, 6) is -0.747. The summed E-state index contributed by atoms with van der Waals surface area (Å²) in [6.45, 7) is 30.0. The van der Waals surface area contributed by atoms with Crippen LogP contribution >= 0.6 is 15.9 Å². The number of rotatable bonds is 48. The van der Waals surface area contributed by atoms with Crippen LogP contribution in [0.3, 0.4) is 0 Å². The molecule has 0 fully saturated rings. The average Bonchev–Trinajstić information content (AvgIpc) is 3.60. The number of nitriles is 2. The van der Waals surface area contributed by atoms with Crippen molar-refractivity contribution in [3.8, 4) is 12.1 Å². The minimum Gasteiger partial charge on any atom is -0.414 e. The second kappa shape index (κ2) is 50.9. The Labute approximate surface area is 520 Å². The molecule has 0 aliphatic heterocycles. The van der Waals surface area contributed by atoms with E-state index in [0.29, 0.717) is 60.6 Å². The molecule has 0 amide bonds. The molecule has 0 spiro atoms. The van der Waals surface area contributed by atoms with Gasteiger partial charge in [0.2, 0.25) is 0 Å². The van der Waals surface area contributed by atoms with Crippen molar-refractivity contribution < 1.29 is 36.9 Å². The van der Waals surface area contributed by atoms with Gasteiger partial charge >= 0.3 is 0 Å². The summed E-state index contributed by atoms with van der Waals surface area (Å²) >= 11 is 3.13. The van der Waals surface area contributed by atoms with Gasteiger partial charge in [-0.1, -0.05) is 276 Å². The van der Waals surface area contributed by atoms with E-state index in [2.05, 4.69) is 97.5 Å². The molecule has 2 aromatic rings. The van der Waals surface area contributed by atoms with E-state index in [9.17, 15) is 13.9 Å². The molecule has 2 atom stereocenters. The lowest BCUT2D eigenvalue weighted by molar-refractivity contribution is -0.0483. The van der Waals surface area contributed by atoms with Gasteiger partial charge in [0.25, 0.3) is 0 Å². The number of unbranched alkanes of at least 4 members (excludes halogenated alkanes) is 30. The van der Waals surface area contributed by atoms with E-state index < -0.39 is 28.6 Å². The first-order chi connectivity index (χ1) is 39.6. The number of benzene rings is 2. The predicted molar refractivity (Wildman–Crippen MR) is 356 cm³/mol. The summed E-state index contributed by atoms with van der Waals surface area (Å²) in [7, 11) is -3.72. The highest BCUT2D eigenvalue weighted by atomic mass is 79.9. The van der Waals surface area contributed by atoms with Gasteiger partial charge < -0.3 is 28.2 Å². The van der Waals surface area contributed by atoms with Gasteiger partial charge in [0, 0.05) is 24.1 Å². The molecule has 0 aliphatic rings. The summed E-state index contributed by atoms with van der Waals surface area (Å²) in [6, 6.07) is 12.8. The fourth-order valence-electron chi connectivity index (χ4n) is 8.84. The van der Waals surface area contributed by atoms with Crippen LogP contribution in [0, 0.1) is 34.3 Å². The number of hydrogen-bond acceptors (Lipinski definition) is 8. The normalized spacial score (nSPS) is 12.7. The minimum absolute atomic E-state index is 0.102. The van der Waals surface area contributed by atoms with Crippen LogP contribution in [0.15, 0.2) is 36.4 Å². The molecule has 0 bridgehead atoms. The fraction of sp³-hybridized carbons (Fsp3) is 0.800. The highest BCUT2D eigenvalue weighted by Crippen LogP contribution is 2.37. The number of alkyl halides is 1. The Morgan fingerprint density at radius 1 is 0.470 bits per heavy atom. The first-order valence-corrected chi connectivity index (χ1v) is 40.2. The van der Waals surface area contributed by atoms with E-state index in [4.69, 9.17) is 33.6 Å². The largest absolute Gasteiger partial charge is 0.414 e. The Hall–Kier alpha value is -2.05. The van der Waals surface area contributed by atoms with Gasteiger partial charge in [-0.3, -0.25) is 0 Å². The number of ether oxygens (including phenoxy) is 3. The molecule has 0 aromatic heterocycles. The third kappa shape index (κ3) is 44.1. The van der Waals surface area contributed by atoms with Crippen molar-refractivity contribution in [2.45, 2.75) is 321 Å². The standard InChI is InChI=1S/C35H62FNO3Si.C27H58O3Si.C8H5BrFN/c1-7-8-9-10-11-12-13-14-15-16-17-18-19-20-21-22-25-38-29-33(30-40-41(5,6)35(2,3)4)39-28-32-24-23-31(27-37)26-34(32)36;1-7-8-9-10-11-12-13-14-15-16-17-18-19-20-21-22-23-29-24-26(28)25-30-31(5,6)27(2,3)4;9-4-7-2-1-6(5-11)3-8(7)10/h23-24,26,33H,7-22,25,28-30H2,1-6H3;26,28H,7-25H2,1-6H3;1-3H,4H2/t33-;26-;/m11./s1. The zero-order valence-corrected chi connectivity index (χ0v) is 59.0. The number of nitrogens with zero attached hydrogens (tertiary/aromatic N) is 2. The van der Waals surface area contributed by atoms with E-state index in [1.807, 2.05) is 12.1 Å². The van der Waals surface area contributed by atoms with E-state index in [-0.39, 0.29) is 28.6 Å². The molecular formula is C70H125BrF2N2O6Si2. The Kier molecular flexibility index (Phi) is 49.6. The number of aliphatic hydroxyl groups excluding tert-OH is 1. The van der Waals surface area contributed by atoms with Crippen molar-refractivity contribution in [1.29, 1.82) is 10.5 Å². The van der Waals surface area contributed by atoms with Crippen molar-refractivity contribution in [2.75, 3.05) is 39.6 Å². The fourth-order valence-corrected chi connectivity index (χ4v) is 11.4. The maximum atomic E-state index is 14.4. The van der Waals surface area contributed by atoms with Crippen molar-refractivity contribution in [3.63, 3.8) is 0 Å². The molecule has 2 aromatic carbocycles. The van der Waals surface area contributed by atoms with E-state index in [1.54, 1.807) is 24.3 Å². The summed E-state index contributed by atoms with van der Waals surface area (Å²) in [6.07, 6.45) is 43.0. The third-order valence-electron chi connectivity index (χ3n) is 16.8. The lowest BCUT2D eigenvalue weighted by atomic mass is 10.0. The van der Waals surface area contributed by atoms with Crippen molar-refractivity contribution in [3.05, 3.63) is 70.3 Å². The predicted octanol–water partition coefficient (Wildman–Crippen LogP) is 22.1. The highest BCUT2D eigenvalue weighted by molar-refractivity contribution is 9.08. The molecule has 0 radical (unpaired) electrons. The average molecular weight is 1260 g/mol. The van der Waals surface area contributed by atoms with Crippen LogP contribution in [0.25, 0.3) is 0 Å². The summed E-state index contributed by atoms with van der Waals surface area (Å²) < 4.78 is 57.4. The Morgan fingerprint density at radius 2 is 0.783 bits per heavy atom. The van der Waals surface area contributed by atoms with Crippen molar-refractivity contribution >= 4 is 32.6 Å². The van der Waals surface area contributed by atoms with Crippen LogP contribution in [0.5, 0.6) is 0 Å². The van der Waals surface area contributed by atoms with Crippen LogP contribution < -0.4 is 0 Å². The first kappa shape index (κ1) is 81.0. The molecule has 2 rings (SSSR count). The minimum atomic E-state index is -1.94. The van der Waals surface area contributed by atoms with E-state index in [0.717, 1.165) is 19.4 Å². The zero-order valence-electron chi connectivity index (χ0n) is 55.4. The van der Waals surface area contributed by atoms with Gasteiger partial charge in [0.15, 0.2) is 16.6 Å². The van der Waals surface area contributed by atoms with Crippen molar-refractivity contribution in [1.82, 2.24) is 0 Å². The molecule has 0 saturated heterocycles. The topological polar surface area (TPSA) is 114 Å². The number of hydrogen-bond donors (Lipinski definition) is 1. The maximum absolute atomic E-state index is 14.4. The third-order valence-corrected chi connectivity index (χ3v) is 26.4. The van der Waals surface area contributed by atoms with Crippen LogP contribution in [-0.4, -0.2) is 73.6 Å². The monoisotopic (exact) mass is 1260 g/mol. The lowest BCUT2D eigenvalue weighted by Crippen LogP contribution is -2.43. The Balaban J connectivity index is 0.00000140. The Morgan fingerprint density at radius 3 is 1.10 bits per heavy atom. The quantitative estimate of drug-likeness (QED) is 0.0396. The summed E-state index contributed by atoms with van der Waals surface area (Å²) in [4.78, 5) is 0. The molecule has 0 unspecified atom stereocenters. The SMILES string of the molecule is CCCCCCCCCCCCCCCCCCOC[C@@H](O)CO[Si](C)(C)C(C)(C)C.CCCCCCCCCCCCCCCCCCOC[C@H](CO[Si](C)(C)C(C)(C)C)OCc1ccc(C#N)cc1F.N#Cc1ccc(CBr)c(F)c1. The van der Waals surface area contributed by atoms with E-state index >= 15 is 0 Å². The van der Waals surface area contributed by atoms with Gasteiger partial charge in [-0.05, 0) is 78.9 Å². The second-order valence-electron chi connectivity index (χ2n) is 26.5. The van der Waals surface area contributed by atoms with Gasteiger partial charge in [0.05, 0.1) is 62.4 Å². The van der Waals surface area contributed by atoms with E-state index in [1.165, 1.54) is 205 Å². The molecule has 480 valence electrons. The number of halogens is 3. The number of aliphatic hydroxyl groups is 1. The van der Waals surface area contributed by atoms with Crippen molar-refractivity contribution in [2.24, 2.45) is 0 Å². The highest BCUT2D eigenvalue weighted by Gasteiger charge is 2.38. The van der Waals surface area contributed by atoms with Crippen LogP contribution in [0.4, 0.5) is 8.78 Å². The second-order valence-corrected chi connectivity index (χ2v) is 36.6. The zero-order chi connectivity index (χ0) is 62.1. The molecule has 83 heavy (non-hydrogen) atoms. The van der Waals surface area contributed by atoms with Crippen LogP contribution in [0.2, 0.25) is 36.3 Å². The smallest absolute Gasteiger partial charge is 0.192 e. The molecule has 8 nitrogen and oxygen atoms in total. The Bertz CT molecular complexity index is 1930. The van der Waals surface area contributed by atoms with Gasteiger partial charge in [0.1, 0.15) is 17.7 Å². The molecule has 0 aliphatic carbocycles. The van der Waals surface area contributed by atoms with Gasteiger partial charge in [-0.15, -0.1) is 0 Å². The maximum Gasteiger partial charge on any atom is 0.192 e. The first-order valence-electron chi connectivity index (χ1n) is 33.2. The van der Waals surface area contributed by atoms with Crippen LogP contribution in [0.1, 0.15) is 283 Å². The molecule has 0 heterocycles. The molecule has 0 saturated carbocycles. The van der Waals surface area contributed by atoms with Crippen LogP contribution in [-0.2, 0) is 35.0 Å². The summed E-state index contributed by atoms with van der Waals surface area (Å²) in [5.41, 5.74) is 1.68. The molecule has 13 heteroatoms.